The van der Waals surface area contributed by atoms with Crippen molar-refractivity contribution in [3.05, 3.63) is 12.5 Å². The van der Waals surface area contributed by atoms with E-state index in [2.05, 4.69) is 9.26 Å². The Labute approximate surface area is 69.7 Å². The van der Waals surface area contributed by atoms with Crippen molar-refractivity contribution in [3.63, 3.8) is 0 Å². The maximum absolute atomic E-state index is 10.3. The summed E-state index contributed by atoms with van der Waals surface area (Å²) in [6, 6.07) is 0. The number of phosphoric acid groups is 1. The zero-order valence-electron chi connectivity index (χ0n) is 6.45. The molecule has 1 unspecified atom stereocenters. The molecule has 0 fully saturated rings. The van der Waals surface area contributed by atoms with Crippen molar-refractivity contribution in [2.45, 2.75) is 19.6 Å². The lowest BCUT2D eigenvalue weighted by molar-refractivity contribution is -0.0498. The first-order chi connectivity index (χ1) is 5.49. The molecule has 0 heterocycles. The molecular formula is C5H11O6P. The molecule has 0 aromatic carbocycles. The van der Waals surface area contributed by atoms with Crippen LogP contribution in [0.2, 0.25) is 0 Å². The number of hydrogen-bond acceptors (Lipinski definition) is 4. The lowest BCUT2D eigenvalue weighted by Crippen LogP contribution is -2.11. The second kappa shape index (κ2) is 5.16. The predicted octanol–water partition coefficient (Wildman–Crippen LogP) is 0.878. The summed E-state index contributed by atoms with van der Waals surface area (Å²) in [7, 11) is -4.52. The molecule has 0 aromatic heterocycles. The third kappa shape index (κ3) is 6.18. The van der Waals surface area contributed by atoms with E-state index in [1.165, 1.54) is 0 Å². The SMILES string of the molecule is CCC(O/C=C/O)OP(=O)(O)O. The predicted molar refractivity (Wildman–Crippen MR) is 40.1 cm³/mol. The molecule has 0 aliphatic heterocycles. The monoisotopic (exact) mass is 198 g/mol. The minimum Gasteiger partial charge on any atom is -0.512 e. The van der Waals surface area contributed by atoms with E-state index in [0.717, 1.165) is 6.26 Å². The van der Waals surface area contributed by atoms with Crippen LogP contribution >= 0.6 is 7.82 Å². The topological polar surface area (TPSA) is 96.2 Å². The molecule has 6 nitrogen and oxygen atoms in total. The number of aliphatic hydroxyl groups excluding tert-OH is 1. The van der Waals surface area contributed by atoms with Gasteiger partial charge in [-0.25, -0.2) is 9.09 Å². The lowest BCUT2D eigenvalue weighted by atomic mass is 10.5. The fourth-order valence-corrected chi connectivity index (χ4v) is 0.977. The van der Waals surface area contributed by atoms with Crippen LogP contribution in [0.3, 0.4) is 0 Å². The van der Waals surface area contributed by atoms with Crippen LogP contribution in [0.1, 0.15) is 13.3 Å². The number of hydrogen-bond donors (Lipinski definition) is 3. The summed E-state index contributed by atoms with van der Waals surface area (Å²) < 4.78 is 19.0. The van der Waals surface area contributed by atoms with Crippen molar-refractivity contribution in [2.75, 3.05) is 0 Å². The van der Waals surface area contributed by atoms with E-state index < -0.39 is 14.1 Å². The van der Waals surface area contributed by atoms with Crippen molar-refractivity contribution < 1.29 is 28.7 Å². The van der Waals surface area contributed by atoms with E-state index in [1.807, 2.05) is 0 Å². The van der Waals surface area contributed by atoms with Gasteiger partial charge < -0.3 is 19.6 Å². The van der Waals surface area contributed by atoms with Crippen molar-refractivity contribution >= 4 is 7.82 Å². The normalized spacial score (nSPS) is 14.9. The van der Waals surface area contributed by atoms with Gasteiger partial charge in [0.25, 0.3) is 0 Å². The average Bonchev–Trinajstić information content (AvgIpc) is 1.95. The highest BCUT2D eigenvalue weighted by Crippen LogP contribution is 2.38. The van der Waals surface area contributed by atoms with E-state index in [0.29, 0.717) is 6.26 Å². The minimum absolute atomic E-state index is 0.259. The van der Waals surface area contributed by atoms with Crippen LogP contribution in [0.4, 0.5) is 0 Å². The van der Waals surface area contributed by atoms with Gasteiger partial charge in [-0.2, -0.15) is 0 Å². The largest absolute Gasteiger partial charge is 0.512 e. The van der Waals surface area contributed by atoms with E-state index in [9.17, 15) is 4.57 Å². The van der Waals surface area contributed by atoms with Crippen LogP contribution < -0.4 is 0 Å². The van der Waals surface area contributed by atoms with Crippen molar-refractivity contribution in [3.8, 4) is 0 Å². The maximum atomic E-state index is 10.3. The summed E-state index contributed by atoms with van der Waals surface area (Å²) in [5.41, 5.74) is 0. The summed E-state index contributed by atoms with van der Waals surface area (Å²) in [6.45, 7) is 1.62. The van der Waals surface area contributed by atoms with Gasteiger partial charge in [0.1, 0.15) is 12.5 Å². The van der Waals surface area contributed by atoms with Gasteiger partial charge in [0.05, 0.1) is 0 Å². The molecule has 0 saturated heterocycles. The fourth-order valence-electron chi connectivity index (χ4n) is 0.472. The Balaban J connectivity index is 3.91. The molecule has 0 aliphatic rings. The molecule has 7 heteroatoms. The van der Waals surface area contributed by atoms with Crippen LogP contribution in [-0.4, -0.2) is 21.2 Å². The Kier molecular flexibility index (Phi) is 4.92. The van der Waals surface area contributed by atoms with Gasteiger partial charge in [0, 0.05) is 6.42 Å². The first-order valence-electron chi connectivity index (χ1n) is 3.18. The van der Waals surface area contributed by atoms with Crippen molar-refractivity contribution in [1.29, 1.82) is 0 Å². The highest BCUT2D eigenvalue weighted by molar-refractivity contribution is 7.46. The summed E-state index contributed by atoms with van der Waals surface area (Å²) in [6.07, 6.45) is 0.694. The lowest BCUT2D eigenvalue weighted by Gasteiger charge is -2.14. The fraction of sp³-hybridized carbons (Fsp3) is 0.600. The maximum Gasteiger partial charge on any atom is 0.472 e. The third-order valence-electron chi connectivity index (χ3n) is 0.879. The van der Waals surface area contributed by atoms with Gasteiger partial charge in [-0.3, -0.25) is 0 Å². The van der Waals surface area contributed by atoms with Gasteiger partial charge in [0.2, 0.25) is 6.29 Å². The number of rotatable bonds is 5. The quantitative estimate of drug-likeness (QED) is 0.344. The molecule has 0 saturated carbocycles. The minimum atomic E-state index is -4.52. The molecule has 0 aromatic rings. The van der Waals surface area contributed by atoms with Gasteiger partial charge in [-0.1, -0.05) is 6.92 Å². The van der Waals surface area contributed by atoms with Gasteiger partial charge in [0.15, 0.2) is 0 Å². The molecule has 72 valence electrons. The molecule has 12 heavy (non-hydrogen) atoms. The standard InChI is InChI=1S/C5H11O6P/c1-2-5(10-4-3-6)11-12(7,8)9/h3-6H,2H2,1H3,(H2,7,8,9)/b4-3+. The zero-order chi connectivity index (χ0) is 9.61. The highest BCUT2D eigenvalue weighted by Gasteiger charge is 2.20. The number of aliphatic hydroxyl groups is 1. The van der Waals surface area contributed by atoms with E-state index in [1.54, 1.807) is 6.92 Å². The number of ether oxygens (including phenoxy) is 1. The van der Waals surface area contributed by atoms with Crippen LogP contribution in [0.25, 0.3) is 0 Å². The molecule has 3 N–H and O–H groups in total. The van der Waals surface area contributed by atoms with Crippen LogP contribution in [0, 0.1) is 0 Å². The first kappa shape index (κ1) is 11.4. The molecule has 0 radical (unpaired) electrons. The van der Waals surface area contributed by atoms with Crippen LogP contribution in [-0.2, 0) is 13.8 Å². The van der Waals surface area contributed by atoms with E-state index in [-0.39, 0.29) is 6.42 Å². The summed E-state index contributed by atoms with van der Waals surface area (Å²) in [4.78, 5) is 16.7. The molecule has 0 spiro atoms. The Morgan fingerprint density at radius 3 is 2.50 bits per heavy atom. The molecule has 0 aliphatic carbocycles. The Morgan fingerprint density at radius 2 is 2.17 bits per heavy atom. The van der Waals surface area contributed by atoms with E-state index >= 15 is 0 Å². The van der Waals surface area contributed by atoms with Gasteiger partial charge in [-0.15, -0.1) is 0 Å². The van der Waals surface area contributed by atoms with Crippen molar-refractivity contribution in [2.24, 2.45) is 0 Å². The van der Waals surface area contributed by atoms with Gasteiger partial charge >= 0.3 is 7.82 Å². The summed E-state index contributed by atoms with van der Waals surface area (Å²) >= 11 is 0. The number of phosphoric ester groups is 1. The molecule has 0 bridgehead atoms. The second-order valence-electron chi connectivity index (χ2n) is 1.86. The highest BCUT2D eigenvalue weighted by atomic mass is 31.2. The molecule has 0 rings (SSSR count). The smallest absolute Gasteiger partial charge is 0.472 e. The van der Waals surface area contributed by atoms with Crippen LogP contribution in [0.15, 0.2) is 12.5 Å². The Morgan fingerprint density at radius 1 is 1.58 bits per heavy atom. The Bertz CT molecular complexity index is 184. The van der Waals surface area contributed by atoms with Crippen LogP contribution in [0.5, 0.6) is 0 Å². The molecular weight excluding hydrogens is 187 g/mol. The first-order valence-corrected chi connectivity index (χ1v) is 4.71. The van der Waals surface area contributed by atoms with Crippen molar-refractivity contribution in [1.82, 2.24) is 0 Å². The van der Waals surface area contributed by atoms with Gasteiger partial charge in [-0.05, 0) is 0 Å². The second-order valence-corrected chi connectivity index (χ2v) is 3.05. The average molecular weight is 198 g/mol. The molecule has 0 amide bonds. The Hall–Kier alpha value is -0.550. The third-order valence-corrected chi connectivity index (χ3v) is 1.39. The molecule has 1 atom stereocenters. The summed E-state index contributed by atoms with van der Waals surface area (Å²) in [5.74, 6) is 0. The summed E-state index contributed by atoms with van der Waals surface area (Å²) in [5, 5.41) is 8.15. The van der Waals surface area contributed by atoms with E-state index in [4.69, 9.17) is 14.9 Å². The zero-order valence-corrected chi connectivity index (χ0v) is 7.35.